The highest BCUT2D eigenvalue weighted by Crippen LogP contribution is 2.42. The average Bonchev–Trinajstić information content (AvgIpc) is 3.04. The van der Waals surface area contributed by atoms with Crippen LogP contribution in [0.4, 0.5) is 11.1 Å². The molecule has 0 saturated carbocycles. The molecule has 3 aliphatic heterocycles. The Morgan fingerprint density at radius 3 is 2.76 bits per heavy atom. The number of para-hydroxylation sites is 1. The van der Waals surface area contributed by atoms with Crippen molar-refractivity contribution >= 4 is 32.6 Å². The van der Waals surface area contributed by atoms with Crippen molar-refractivity contribution in [3.8, 4) is 5.75 Å². The van der Waals surface area contributed by atoms with Gasteiger partial charge in [-0.15, -0.1) is 0 Å². The Morgan fingerprint density at radius 2 is 2.00 bits per heavy atom. The van der Waals surface area contributed by atoms with Crippen LogP contribution >= 0.6 is 11.3 Å². The molecular weight excluding hydrogens is 334 g/mol. The molecule has 5 heterocycles. The summed E-state index contributed by atoms with van der Waals surface area (Å²) in [5, 5.41) is 1.10. The summed E-state index contributed by atoms with van der Waals surface area (Å²) in [5.74, 6) is 1.70. The molecule has 25 heavy (non-hydrogen) atoms. The molecule has 0 radical (unpaired) electrons. The van der Waals surface area contributed by atoms with Gasteiger partial charge in [-0.1, -0.05) is 17.4 Å². The van der Waals surface area contributed by atoms with E-state index in [2.05, 4.69) is 25.8 Å². The molecule has 6 rings (SSSR count). The molecule has 0 spiro atoms. The highest BCUT2D eigenvalue weighted by molar-refractivity contribution is 7.22. The van der Waals surface area contributed by atoms with Crippen molar-refractivity contribution in [1.29, 1.82) is 0 Å². The second-order valence-corrected chi connectivity index (χ2v) is 7.67. The van der Waals surface area contributed by atoms with Crippen molar-refractivity contribution in [2.24, 2.45) is 0 Å². The Morgan fingerprint density at radius 1 is 1.16 bits per heavy atom. The average molecular weight is 353 g/mol. The fourth-order valence-electron chi connectivity index (χ4n) is 3.86. The first-order valence-corrected chi connectivity index (χ1v) is 9.31. The number of hydrogen-bond donors (Lipinski definition) is 0. The molecule has 1 aromatic carbocycles. The van der Waals surface area contributed by atoms with Crippen LogP contribution in [0.25, 0.3) is 10.2 Å². The van der Waals surface area contributed by atoms with E-state index in [-0.39, 0.29) is 0 Å². The quantitative estimate of drug-likeness (QED) is 0.722. The van der Waals surface area contributed by atoms with Crippen LogP contribution in [0.1, 0.15) is 12.1 Å². The summed E-state index contributed by atoms with van der Waals surface area (Å²) in [4.78, 5) is 18.7. The molecule has 0 amide bonds. The number of nitrogens with zero attached hydrogens (tertiary/aromatic N) is 5. The number of thiazole rings is 1. The van der Waals surface area contributed by atoms with E-state index in [4.69, 9.17) is 9.72 Å². The predicted molar refractivity (Wildman–Crippen MR) is 99.8 cm³/mol. The largest absolute Gasteiger partial charge is 0.494 e. The number of piperazine rings is 1. The number of fused-ring (bicyclic) bond motifs is 3. The fraction of sp³-hybridized carbons (Fsp3) is 0.389. The van der Waals surface area contributed by atoms with E-state index < -0.39 is 0 Å². The first kappa shape index (κ1) is 14.9. The van der Waals surface area contributed by atoms with Crippen LogP contribution in [0.5, 0.6) is 5.75 Å². The second kappa shape index (κ2) is 5.56. The number of anilines is 2. The van der Waals surface area contributed by atoms with Crippen LogP contribution in [-0.4, -0.2) is 47.2 Å². The summed E-state index contributed by atoms with van der Waals surface area (Å²) in [6.07, 6.45) is 3.06. The highest BCUT2D eigenvalue weighted by atomic mass is 32.1. The zero-order chi connectivity index (χ0) is 17.0. The van der Waals surface area contributed by atoms with Gasteiger partial charge in [0.2, 0.25) is 5.95 Å². The van der Waals surface area contributed by atoms with E-state index >= 15 is 0 Å². The number of piperidine rings is 1. The number of methoxy groups -OCH3 is 1. The standard InChI is InChI=1S/C18H19N5OS/c1-11-6-7-19-17(20-11)22-9-12-8-13(10-22)23(12)18-21-16-14(24-2)4-3-5-15(16)25-18/h3-7,12-13H,8-10H2,1-2H3. The Labute approximate surface area is 150 Å². The monoisotopic (exact) mass is 353 g/mol. The summed E-state index contributed by atoms with van der Waals surface area (Å²) >= 11 is 1.75. The van der Waals surface area contributed by atoms with Gasteiger partial charge in [0, 0.05) is 25.0 Å². The smallest absolute Gasteiger partial charge is 0.225 e. The molecule has 6 nitrogen and oxygen atoms in total. The van der Waals surface area contributed by atoms with Gasteiger partial charge in [0.1, 0.15) is 11.3 Å². The zero-order valence-electron chi connectivity index (χ0n) is 14.2. The lowest BCUT2D eigenvalue weighted by Crippen LogP contribution is -2.69. The van der Waals surface area contributed by atoms with E-state index in [9.17, 15) is 0 Å². The summed E-state index contributed by atoms with van der Waals surface area (Å²) in [7, 11) is 1.70. The Kier molecular flexibility index (Phi) is 3.31. The van der Waals surface area contributed by atoms with Crippen LogP contribution in [0.2, 0.25) is 0 Å². The van der Waals surface area contributed by atoms with Gasteiger partial charge in [-0.2, -0.15) is 0 Å². The third kappa shape index (κ3) is 2.33. The van der Waals surface area contributed by atoms with Crippen molar-refractivity contribution in [2.45, 2.75) is 25.4 Å². The molecule has 3 saturated heterocycles. The molecule has 2 bridgehead atoms. The molecule has 0 N–H and O–H groups in total. The zero-order valence-corrected chi connectivity index (χ0v) is 15.0. The van der Waals surface area contributed by atoms with Gasteiger partial charge < -0.3 is 14.5 Å². The Hall–Kier alpha value is -2.41. The van der Waals surface area contributed by atoms with Gasteiger partial charge in [0.05, 0.1) is 23.9 Å². The minimum Gasteiger partial charge on any atom is -0.494 e. The number of aromatic nitrogens is 3. The topological polar surface area (TPSA) is 54.4 Å². The second-order valence-electron chi connectivity index (χ2n) is 6.66. The van der Waals surface area contributed by atoms with Crippen LogP contribution in [0.15, 0.2) is 30.5 Å². The van der Waals surface area contributed by atoms with E-state index in [1.54, 1.807) is 18.4 Å². The molecule has 2 atom stereocenters. The lowest BCUT2D eigenvalue weighted by Gasteiger charge is -2.56. The van der Waals surface area contributed by atoms with Crippen molar-refractivity contribution in [3.63, 3.8) is 0 Å². The van der Waals surface area contributed by atoms with Gasteiger partial charge in [0.15, 0.2) is 5.13 Å². The highest BCUT2D eigenvalue weighted by Gasteiger charge is 2.46. The van der Waals surface area contributed by atoms with Crippen molar-refractivity contribution in [2.75, 3.05) is 30.0 Å². The first-order valence-electron chi connectivity index (χ1n) is 8.49. The number of benzene rings is 1. The molecular formula is C18H19N5OS. The maximum atomic E-state index is 5.45. The normalized spacial score (nSPS) is 22.2. The minimum absolute atomic E-state index is 0.481. The summed E-state index contributed by atoms with van der Waals surface area (Å²) in [5.41, 5.74) is 1.98. The first-order chi connectivity index (χ1) is 12.2. The van der Waals surface area contributed by atoms with Crippen LogP contribution in [0.3, 0.4) is 0 Å². The van der Waals surface area contributed by atoms with E-state index in [1.165, 1.54) is 11.1 Å². The number of rotatable bonds is 3. The third-order valence-corrected chi connectivity index (χ3v) is 6.10. The van der Waals surface area contributed by atoms with Gasteiger partial charge in [-0.05, 0) is 31.5 Å². The molecule has 7 heteroatoms. The number of aryl methyl sites for hydroxylation is 1. The maximum Gasteiger partial charge on any atom is 0.225 e. The molecule has 2 aromatic heterocycles. The van der Waals surface area contributed by atoms with E-state index in [1.807, 2.05) is 31.3 Å². The van der Waals surface area contributed by atoms with Crippen LogP contribution in [0, 0.1) is 6.92 Å². The molecule has 0 aliphatic carbocycles. The van der Waals surface area contributed by atoms with Crippen LogP contribution < -0.4 is 14.5 Å². The van der Waals surface area contributed by atoms with E-state index in [0.29, 0.717) is 12.1 Å². The third-order valence-electron chi connectivity index (χ3n) is 5.07. The minimum atomic E-state index is 0.481. The lowest BCUT2D eigenvalue weighted by molar-refractivity contribution is 0.289. The summed E-state index contributed by atoms with van der Waals surface area (Å²) < 4.78 is 6.63. The molecule has 128 valence electrons. The van der Waals surface area contributed by atoms with E-state index in [0.717, 1.165) is 41.1 Å². The lowest BCUT2D eigenvalue weighted by atomic mass is 9.88. The van der Waals surface area contributed by atoms with Crippen LogP contribution in [-0.2, 0) is 0 Å². The maximum absolute atomic E-state index is 5.45. The SMILES string of the molecule is COc1cccc2sc(N3C4CC3CN(c3nccc(C)n3)C4)nc12. The predicted octanol–water partition coefficient (Wildman–Crippen LogP) is 2.87. The van der Waals surface area contributed by atoms with Gasteiger partial charge in [-0.25, -0.2) is 15.0 Å². The van der Waals surface area contributed by atoms with Gasteiger partial charge >= 0.3 is 0 Å². The van der Waals surface area contributed by atoms with Gasteiger partial charge in [-0.3, -0.25) is 0 Å². The number of ether oxygens (including phenoxy) is 1. The summed E-state index contributed by atoms with van der Waals surface area (Å²) in [6, 6.07) is 9.01. The number of hydrogen-bond acceptors (Lipinski definition) is 7. The van der Waals surface area contributed by atoms with Crippen molar-refractivity contribution < 1.29 is 4.74 Å². The fourth-order valence-corrected chi connectivity index (χ4v) is 4.99. The molecule has 2 unspecified atom stereocenters. The molecule has 3 aromatic rings. The molecule has 3 fully saturated rings. The van der Waals surface area contributed by atoms with Crippen molar-refractivity contribution in [3.05, 3.63) is 36.2 Å². The Balaban J connectivity index is 1.41. The van der Waals surface area contributed by atoms with Gasteiger partial charge in [0.25, 0.3) is 0 Å². The summed E-state index contributed by atoms with van der Waals surface area (Å²) in [6.45, 7) is 3.91. The Bertz CT molecular complexity index is 930. The van der Waals surface area contributed by atoms with Crippen molar-refractivity contribution in [1.82, 2.24) is 15.0 Å². The molecule has 3 aliphatic rings.